The monoisotopic (exact) mass is 149 g/mol. The van der Waals surface area contributed by atoms with Gasteiger partial charge in [0.1, 0.15) is 6.26 Å². The maximum atomic E-state index is 5.10. The number of furan rings is 1. The lowest BCUT2D eigenvalue weighted by molar-refractivity contribution is 0.517. The second-order valence-electron chi connectivity index (χ2n) is 2.27. The standard InChI is InChI=1S/C8H7NO2/c1-6-5-11-8(9-6)7-3-2-4-10-7/h2-5H,1H3. The lowest BCUT2D eigenvalue weighted by Gasteiger charge is -1.83. The smallest absolute Gasteiger partial charge is 0.262 e. The Morgan fingerprint density at radius 3 is 2.82 bits per heavy atom. The molecule has 0 bridgehead atoms. The molecular formula is C8H7NO2. The molecule has 0 saturated heterocycles. The van der Waals surface area contributed by atoms with Gasteiger partial charge in [-0.25, -0.2) is 4.98 Å². The zero-order valence-corrected chi connectivity index (χ0v) is 6.07. The summed E-state index contributed by atoms with van der Waals surface area (Å²) in [6.45, 7) is 1.87. The second kappa shape index (κ2) is 2.27. The van der Waals surface area contributed by atoms with Crippen molar-refractivity contribution in [3.05, 3.63) is 30.4 Å². The van der Waals surface area contributed by atoms with Crippen LogP contribution in [0.5, 0.6) is 0 Å². The Labute approximate surface area is 63.7 Å². The van der Waals surface area contributed by atoms with Crippen LogP contribution in [0.15, 0.2) is 33.5 Å². The van der Waals surface area contributed by atoms with Crippen molar-refractivity contribution in [1.29, 1.82) is 0 Å². The number of oxazole rings is 1. The summed E-state index contributed by atoms with van der Waals surface area (Å²) in [6, 6.07) is 3.61. The Morgan fingerprint density at radius 2 is 2.27 bits per heavy atom. The molecule has 2 aromatic rings. The van der Waals surface area contributed by atoms with E-state index in [4.69, 9.17) is 8.83 Å². The average Bonchev–Trinajstić information content (AvgIpc) is 2.55. The van der Waals surface area contributed by atoms with E-state index in [0.717, 1.165) is 5.69 Å². The van der Waals surface area contributed by atoms with Crippen molar-refractivity contribution < 1.29 is 8.83 Å². The largest absolute Gasteiger partial charge is 0.459 e. The minimum atomic E-state index is 0.535. The number of aromatic nitrogens is 1. The van der Waals surface area contributed by atoms with Crippen LogP contribution in [0.3, 0.4) is 0 Å². The molecule has 0 aliphatic rings. The first-order valence-electron chi connectivity index (χ1n) is 3.32. The highest BCUT2D eigenvalue weighted by Crippen LogP contribution is 2.17. The van der Waals surface area contributed by atoms with E-state index in [1.165, 1.54) is 0 Å². The molecule has 2 rings (SSSR count). The zero-order chi connectivity index (χ0) is 7.68. The summed E-state index contributed by atoms with van der Waals surface area (Å²) in [7, 11) is 0. The highest BCUT2D eigenvalue weighted by molar-refractivity contribution is 5.43. The van der Waals surface area contributed by atoms with E-state index < -0.39 is 0 Å². The molecule has 0 aromatic carbocycles. The van der Waals surface area contributed by atoms with Crippen molar-refractivity contribution in [2.75, 3.05) is 0 Å². The van der Waals surface area contributed by atoms with Crippen molar-refractivity contribution in [3.8, 4) is 11.7 Å². The predicted octanol–water partition coefficient (Wildman–Crippen LogP) is 2.24. The molecule has 0 aliphatic heterocycles. The molecule has 0 radical (unpaired) electrons. The molecule has 0 amide bonds. The summed E-state index contributed by atoms with van der Waals surface area (Å²) >= 11 is 0. The van der Waals surface area contributed by atoms with Gasteiger partial charge in [-0.05, 0) is 19.1 Å². The lowest BCUT2D eigenvalue weighted by atomic mass is 10.4. The number of nitrogens with zero attached hydrogens (tertiary/aromatic N) is 1. The Kier molecular flexibility index (Phi) is 1.28. The first-order valence-corrected chi connectivity index (χ1v) is 3.32. The number of rotatable bonds is 1. The van der Waals surface area contributed by atoms with Crippen molar-refractivity contribution in [3.63, 3.8) is 0 Å². The molecule has 2 heterocycles. The Balaban J connectivity index is 2.45. The van der Waals surface area contributed by atoms with Gasteiger partial charge in [0.25, 0.3) is 5.89 Å². The molecule has 0 N–H and O–H groups in total. The predicted molar refractivity (Wildman–Crippen MR) is 38.9 cm³/mol. The highest BCUT2D eigenvalue weighted by Gasteiger charge is 2.05. The van der Waals surface area contributed by atoms with Crippen LogP contribution < -0.4 is 0 Å². The van der Waals surface area contributed by atoms with E-state index in [0.29, 0.717) is 11.7 Å². The molecule has 0 atom stereocenters. The topological polar surface area (TPSA) is 39.2 Å². The normalized spacial score (nSPS) is 10.3. The lowest BCUT2D eigenvalue weighted by Crippen LogP contribution is -1.72. The van der Waals surface area contributed by atoms with Gasteiger partial charge in [0.15, 0.2) is 5.76 Å². The van der Waals surface area contributed by atoms with E-state index in [-0.39, 0.29) is 0 Å². The van der Waals surface area contributed by atoms with Gasteiger partial charge in [-0.3, -0.25) is 0 Å². The third kappa shape index (κ3) is 1.05. The van der Waals surface area contributed by atoms with Crippen molar-refractivity contribution in [2.45, 2.75) is 6.92 Å². The van der Waals surface area contributed by atoms with Crippen LogP contribution >= 0.6 is 0 Å². The zero-order valence-electron chi connectivity index (χ0n) is 6.07. The SMILES string of the molecule is Cc1coc(-c2ccco2)n1. The summed E-state index contributed by atoms with van der Waals surface area (Å²) < 4.78 is 10.2. The van der Waals surface area contributed by atoms with E-state index in [1.54, 1.807) is 18.6 Å². The summed E-state index contributed by atoms with van der Waals surface area (Å²) in [5, 5.41) is 0. The van der Waals surface area contributed by atoms with Gasteiger partial charge < -0.3 is 8.83 Å². The summed E-state index contributed by atoms with van der Waals surface area (Å²) in [4.78, 5) is 4.09. The van der Waals surface area contributed by atoms with Gasteiger partial charge in [-0.2, -0.15) is 0 Å². The average molecular weight is 149 g/mol. The quantitative estimate of drug-likeness (QED) is 0.624. The first kappa shape index (κ1) is 6.22. The van der Waals surface area contributed by atoms with Crippen LogP contribution in [0, 0.1) is 6.92 Å². The number of hydrogen-bond acceptors (Lipinski definition) is 3. The van der Waals surface area contributed by atoms with E-state index in [1.807, 2.05) is 13.0 Å². The Morgan fingerprint density at radius 1 is 1.36 bits per heavy atom. The summed E-state index contributed by atoms with van der Waals surface area (Å²) in [5.74, 6) is 1.20. The second-order valence-corrected chi connectivity index (χ2v) is 2.27. The van der Waals surface area contributed by atoms with Gasteiger partial charge >= 0.3 is 0 Å². The van der Waals surface area contributed by atoms with Crippen molar-refractivity contribution in [2.24, 2.45) is 0 Å². The molecule has 56 valence electrons. The highest BCUT2D eigenvalue weighted by atomic mass is 16.4. The van der Waals surface area contributed by atoms with Gasteiger partial charge in [0, 0.05) is 0 Å². The van der Waals surface area contributed by atoms with Crippen LogP contribution in [-0.2, 0) is 0 Å². The van der Waals surface area contributed by atoms with E-state index in [2.05, 4.69) is 4.98 Å². The molecule has 0 fully saturated rings. The van der Waals surface area contributed by atoms with E-state index in [9.17, 15) is 0 Å². The third-order valence-corrected chi connectivity index (χ3v) is 1.35. The molecule has 11 heavy (non-hydrogen) atoms. The minimum absolute atomic E-state index is 0.535. The van der Waals surface area contributed by atoms with Crippen molar-refractivity contribution >= 4 is 0 Å². The first-order chi connectivity index (χ1) is 5.36. The fraction of sp³-hybridized carbons (Fsp3) is 0.125. The number of aryl methyl sites for hydroxylation is 1. The van der Waals surface area contributed by atoms with Crippen LogP contribution in [0.4, 0.5) is 0 Å². The molecule has 0 unspecified atom stereocenters. The van der Waals surface area contributed by atoms with Gasteiger partial charge in [-0.1, -0.05) is 0 Å². The molecule has 0 aliphatic carbocycles. The van der Waals surface area contributed by atoms with Gasteiger partial charge in [-0.15, -0.1) is 0 Å². The molecule has 0 saturated carbocycles. The van der Waals surface area contributed by atoms with Gasteiger partial charge in [0.2, 0.25) is 0 Å². The van der Waals surface area contributed by atoms with Crippen LogP contribution in [0.2, 0.25) is 0 Å². The minimum Gasteiger partial charge on any atom is -0.459 e. The van der Waals surface area contributed by atoms with Crippen molar-refractivity contribution in [1.82, 2.24) is 4.98 Å². The molecular weight excluding hydrogens is 142 g/mol. The Bertz CT molecular complexity index is 335. The Hall–Kier alpha value is -1.51. The fourth-order valence-electron chi connectivity index (χ4n) is 0.867. The fourth-order valence-corrected chi connectivity index (χ4v) is 0.867. The molecule has 3 nitrogen and oxygen atoms in total. The molecule has 3 heteroatoms. The maximum Gasteiger partial charge on any atom is 0.262 e. The van der Waals surface area contributed by atoms with Crippen LogP contribution in [0.25, 0.3) is 11.7 Å². The number of hydrogen-bond donors (Lipinski definition) is 0. The van der Waals surface area contributed by atoms with Crippen LogP contribution in [0.1, 0.15) is 5.69 Å². The van der Waals surface area contributed by atoms with E-state index >= 15 is 0 Å². The molecule has 0 spiro atoms. The van der Waals surface area contributed by atoms with Gasteiger partial charge in [0.05, 0.1) is 12.0 Å². The summed E-state index contributed by atoms with van der Waals surface area (Å²) in [6.07, 6.45) is 3.19. The third-order valence-electron chi connectivity index (χ3n) is 1.35. The molecule has 2 aromatic heterocycles. The van der Waals surface area contributed by atoms with Crippen LogP contribution in [-0.4, -0.2) is 4.98 Å². The summed E-state index contributed by atoms with van der Waals surface area (Å²) in [5.41, 5.74) is 0.858. The maximum absolute atomic E-state index is 5.10.